The van der Waals surface area contributed by atoms with Crippen molar-refractivity contribution in [1.29, 1.82) is 0 Å². The Balaban J connectivity index is 1.58. The molecule has 0 spiro atoms. The Hall–Kier alpha value is -2.28. The van der Waals surface area contributed by atoms with Crippen LogP contribution in [-0.4, -0.2) is 55.3 Å². The molecule has 2 atom stereocenters. The molecule has 2 fully saturated rings. The van der Waals surface area contributed by atoms with Crippen molar-refractivity contribution in [3.8, 4) is 5.75 Å². The predicted molar refractivity (Wildman–Crippen MR) is 98.3 cm³/mol. The number of hydrogen-bond donors (Lipinski definition) is 2. The van der Waals surface area contributed by atoms with Gasteiger partial charge in [0, 0.05) is 19.7 Å². The standard InChI is InChI=1S/C19H27N3O4/c1-2-25-17-10-4-3-8-15(17)21-19(24)22-11-5-9-16(22)18(23)20-13-14-7-6-12-26-14/h3-4,8,10,14,16H,2,5-7,9,11-13H2,1H3,(H,20,23)(H,21,24)/t14-,16-/m1/s1. The molecule has 0 bridgehead atoms. The van der Waals surface area contributed by atoms with E-state index in [4.69, 9.17) is 9.47 Å². The Bertz CT molecular complexity index is 631. The minimum atomic E-state index is -0.435. The summed E-state index contributed by atoms with van der Waals surface area (Å²) in [5, 5.41) is 5.81. The van der Waals surface area contributed by atoms with Crippen LogP contribution >= 0.6 is 0 Å². The number of rotatable bonds is 6. The van der Waals surface area contributed by atoms with Crippen LogP contribution in [0.5, 0.6) is 5.75 Å². The first-order valence-electron chi connectivity index (χ1n) is 9.37. The first-order chi connectivity index (χ1) is 12.7. The van der Waals surface area contributed by atoms with Crippen molar-refractivity contribution in [2.24, 2.45) is 0 Å². The second-order valence-electron chi connectivity index (χ2n) is 6.59. The number of amides is 3. The van der Waals surface area contributed by atoms with Crippen molar-refractivity contribution < 1.29 is 19.1 Å². The molecule has 0 radical (unpaired) electrons. The average Bonchev–Trinajstić information content (AvgIpc) is 3.33. The zero-order valence-corrected chi connectivity index (χ0v) is 15.2. The third kappa shape index (κ3) is 4.46. The Labute approximate surface area is 154 Å². The fourth-order valence-electron chi connectivity index (χ4n) is 3.46. The van der Waals surface area contributed by atoms with Gasteiger partial charge in [-0.05, 0) is 44.7 Å². The highest BCUT2D eigenvalue weighted by molar-refractivity contribution is 5.95. The molecular formula is C19H27N3O4. The minimum absolute atomic E-state index is 0.0979. The van der Waals surface area contributed by atoms with Crippen molar-refractivity contribution in [2.45, 2.75) is 44.8 Å². The lowest BCUT2D eigenvalue weighted by atomic mass is 10.2. The summed E-state index contributed by atoms with van der Waals surface area (Å²) < 4.78 is 11.1. The molecule has 1 aromatic rings. The van der Waals surface area contributed by atoms with Gasteiger partial charge in [-0.15, -0.1) is 0 Å². The molecule has 0 aliphatic carbocycles. The quantitative estimate of drug-likeness (QED) is 0.815. The Morgan fingerprint density at radius 1 is 1.27 bits per heavy atom. The van der Waals surface area contributed by atoms with E-state index < -0.39 is 6.04 Å². The highest BCUT2D eigenvalue weighted by Gasteiger charge is 2.34. The molecule has 0 aromatic heterocycles. The van der Waals surface area contributed by atoms with E-state index in [0.29, 0.717) is 37.6 Å². The third-order valence-corrected chi connectivity index (χ3v) is 4.77. The molecule has 0 unspecified atom stereocenters. The van der Waals surface area contributed by atoms with Gasteiger partial charge in [-0.2, -0.15) is 0 Å². The average molecular weight is 361 g/mol. The summed E-state index contributed by atoms with van der Waals surface area (Å²) in [6.45, 7) is 4.26. The number of hydrogen-bond acceptors (Lipinski definition) is 4. The molecule has 0 saturated carbocycles. The largest absolute Gasteiger partial charge is 0.492 e. The van der Waals surface area contributed by atoms with Crippen LogP contribution in [0.25, 0.3) is 0 Å². The summed E-state index contributed by atoms with van der Waals surface area (Å²) in [5.41, 5.74) is 0.616. The summed E-state index contributed by atoms with van der Waals surface area (Å²) in [6, 6.07) is 6.61. The number of urea groups is 1. The van der Waals surface area contributed by atoms with Gasteiger partial charge < -0.3 is 25.0 Å². The molecular weight excluding hydrogens is 334 g/mol. The highest BCUT2D eigenvalue weighted by Crippen LogP contribution is 2.26. The molecule has 7 nitrogen and oxygen atoms in total. The Morgan fingerprint density at radius 3 is 2.88 bits per heavy atom. The fourth-order valence-corrected chi connectivity index (χ4v) is 3.46. The number of benzene rings is 1. The molecule has 3 rings (SSSR count). The van der Waals surface area contributed by atoms with Crippen LogP contribution in [0, 0.1) is 0 Å². The summed E-state index contributed by atoms with van der Waals surface area (Å²) in [7, 11) is 0. The lowest BCUT2D eigenvalue weighted by molar-refractivity contribution is -0.125. The number of likely N-dealkylation sites (tertiary alicyclic amines) is 1. The number of nitrogens with one attached hydrogen (secondary N) is 2. The second kappa shape index (κ2) is 8.89. The Kier molecular flexibility index (Phi) is 6.33. The van der Waals surface area contributed by atoms with Crippen molar-refractivity contribution in [3.05, 3.63) is 24.3 Å². The molecule has 142 valence electrons. The van der Waals surface area contributed by atoms with Crippen LogP contribution in [0.3, 0.4) is 0 Å². The van der Waals surface area contributed by atoms with E-state index in [1.54, 1.807) is 11.0 Å². The molecule has 26 heavy (non-hydrogen) atoms. The number of anilines is 1. The summed E-state index contributed by atoms with van der Waals surface area (Å²) in [6.07, 6.45) is 3.61. The van der Waals surface area contributed by atoms with Crippen molar-refractivity contribution in [1.82, 2.24) is 10.2 Å². The van der Waals surface area contributed by atoms with Crippen molar-refractivity contribution in [2.75, 3.05) is 31.6 Å². The van der Waals surface area contributed by atoms with Gasteiger partial charge in [-0.3, -0.25) is 4.79 Å². The fraction of sp³-hybridized carbons (Fsp3) is 0.579. The number of para-hydroxylation sites is 2. The van der Waals surface area contributed by atoms with E-state index in [1.807, 2.05) is 25.1 Å². The number of carbonyl (C=O) groups excluding carboxylic acids is 2. The lowest BCUT2D eigenvalue weighted by Crippen LogP contribution is -2.48. The molecule has 2 N–H and O–H groups in total. The maximum atomic E-state index is 12.7. The molecule has 2 aliphatic rings. The molecule has 3 amide bonds. The maximum Gasteiger partial charge on any atom is 0.322 e. The van der Waals surface area contributed by atoms with E-state index in [0.717, 1.165) is 25.9 Å². The predicted octanol–water partition coefficient (Wildman–Crippen LogP) is 2.38. The number of ether oxygens (including phenoxy) is 2. The van der Waals surface area contributed by atoms with Gasteiger partial charge in [-0.1, -0.05) is 12.1 Å². The van der Waals surface area contributed by atoms with Gasteiger partial charge in [0.2, 0.25) is 5.91 Å². The first kappa shape index (κ1) is 18.5. The summed E-state index contributed by atoms with van der Waals surface area (Å²) >= 11 is 0. The Morgan fingerprint density at radius 2 is 2.12 bits per heavy atom. The van der Waals surface area contributed by atoms with Crippen LogP contribution in [0.2, 0.25) is 0 Å². The van der Waals surface area contributed by atoms with Gasteiger partial charge in [0.05, 0.1) is 18.4 Å². The van der Waals surface area contributed by atoms with Crippen LogP contribution in [0.1, 0.15) is 32.6 Å². The molecule has 1 aromatic carbocycles. The van der Waals surface area contributed by atoms with Crippen LogP contribution in [-0.2, 0) is 9.53 Å². The van der Waals surface area contributed by atoms with E-state index >= 15 is 0 Å². The van der Waals surface area contributed by atoms with Crippen molar-refractivity contribution in [3.63, 3.8) is 0 Å². The van der Waals surface area contributed by atoms with E-state index in [2.05, 4.69) is 10.6 Å². The third-order valence-electron chi connectivity index (χ3n) is 4.77. The molecule has 2 aliphatic heterocycles. The molecule has 2 heterocycles. The van der Waals surface area contributed by atoms with Gasteiger partial charge in [-0.25, -0.2) is 4.79 Å². The van der Waals surface area contributed by atoms with Crippen molar-refractivity contribution >= 4 is 17.6 Å². The SMILES string of the molecule is CCOc1ccccc1NC(=O)N1CCC[C@@H]1C(=O)NC[C@H]1CCCO1. The zero-order chi connectivity index (χ0) is 18.4. The maximum absolute atomic E-state index is 12.7. The molecule has 2 saturated heterocycles. The lowest BCUT2D eigenvalue weighted by Gasteiger charge is -2.25. The highest BCUT2D eigenvalue weighted by atomic mass is 16.5. The van der Waals surface area contributed by atoms with Gasteiger partial charge >= 0.3 is 6.03 Å². The first-order valence-corrected chi connectivity index (χ1v) is 9.37. The number of nitrogens with zero attached hydrogens (tertiary/aromatic N) is 1. The molecule has 7 heteroatoms. The van der Waals surface area contributed by atoms with E-state index in [9.17, 15) is 9.59 Å². The van der Waals surface area contributed by atoms with Gasteiger partial charge in [0.1, 0.15) is 11.8 Å². The van der Waals surface area contributed by atoms with Crippen LogP contribution < -0.4 is 15.4 Å². The van der Waals surface area contributed by atoms with Crippen LogP contribution in [0.15, 0.2) is 24.3 Å². The summed E-state index contributed by atoms with van der Waals surface area (Å²) in [5.74, 6) is 0.521. The minimum Gasteiger partial charge on any atom is -0.492 e. The number of carbonyl (C=O) groups is 2. The van der Waals surface area contributed by atoms with E-state index in [-0.39, 0.29) is 18.0 Å². The van der Waals surface area contributed by atoms with E-state index in [1.165, 1.54) is 0 Å². The smallest absolute Gasteiger partial charge is 0.322 e. The topological polar surface area (TPSA) is 79.9 Å². The second-order valence-corrected chi connectivity index (χ2v) is 6.59. The summed E-state index contributed by atoms with van der Waals surface area (Å²) in [4.78, 5) is 26.8. The monoisotopic (exact) mass is 361 g/mol. The van der Waals surface area contributed by atoms with Crippen LogP contribution in [0.4, 0.5) is 10.5 Å². The van der Waals surface area contributed by atoms with Gasteiger partial charge in [0.15, 0.2) is 0 Å². The van der Waals surface area contributed by atoms with Gasteiger partial charge in [0.25, 0.3) is 0 Å². The zero-order valence-electron chi connectivity index (χ0n) is 15.2. The normalized spacial score (nSPS) is 22.3.